The highest BCUT2D eigenvalue weighted by Gasteiger charge is 2.36. The molecule has 1 amide bonds. The van der Waals surface area contributed by atoms with E-state index in [1.165, 1.54) is 0 Å². The van der Waals surface area contributed by atoms with Crippen molar-refractivity contribution in [3.63, 3.8) is 0 Å². The lowest BCUT2D eigenvalue weighted by atomic mass is 9.98. The number of halogens is 1. The topological polar surface area (TPSA) is 59.2 Å². The summed E-state index contributed by atoms with van der Waals surface area (Å²) in [5, 5.41) is 4.66. The number of benzene rings is 2. The number of hydrogen-bond acceptors (Lipinski definition) is 5. The van der Waals surface area contributed by atoms with Gasteiger partial charge >= 0.3 is 0 Å². The van der Waals surface area contributed by atoms with Gasteiger partial charge < -0.3 is 9.42 Å². The van der Waals surface area contributed by atoms with Crippen molar-refractivity contribution in [2.24, 2.45) is 0 Å². The van der Waals surface area contributed by atoms with Crippen LogP contribution in [0.4, 0.5) is 0 Å². The monoisotopic (exact) mass is 385 g/mol. The number of amides is 1. The molecule has 1 saturated heterocycles. The van der Waals surface area contributed by atoms with Gasteiger partial charge in [-0.25, -0.2) is 0 Å². The van der Waals surface area contributed by atoms with E-state index in [2.05, 4.69) is 10.1 Å². The second kappa shape index (κ2) is 7.13. The van der Waals surface area contributed by atoms with Gasteiger partial charge in [-0.05, 0) is 30.5 Å². The first-order valence-corrected chi connectivity index (χ1v) is 9.78. The van der Waals surface area contributed by atoms with Gasteiger partial charge in [-0.1, -0.05) is 41.0 Å². The molecule has 3 aromatic rings. The largest absolute Gasteiger partial charge is 0.339 e. The number of thioether (sulfide) groups is 1. The lowest BCUT2D eigenvalue weighted by molar-refractivity contribution is 0.0565. The molecule has 0 bridgehead atoms. The van der Waals surface area contributed by atoms with Crippen LogP contribution in [0.5, 0.6) is 0 Å². The van der Waals surface area contributed by atoms with Crippen molar-refractivity contribution in [2.75, 3.05) is 19.3 Å². The van der Waals surface area contributed by atoms with E-state index in [1.807, 2.05) is 47.6 Å². The van der Waals surface area contributed by atoms with Crippen LogP contribution in [0.15, 0.2) is 57.9 Å². The van der Waals surface area contributed by atoms with Crippen LogP contribution < -0.4 is 0 Å². The molecule has 5 nitrogen and oxygen atoms in total. The molecule has 4 rings (SSSR count). The summed E-state index contributed by atoms with van der Waals surface area (Å²) in [6, 6.07) is 15.0. The first-order chi connectivity index (χ1) is 12.7. The number of nitrogens with zero attached hydrogens (tertiary/aromatic N) is 3. The Hall–Kier alpha value is -2.31. The molecule has 1 aromatic heterocycles. The lowest BCUT2D eigenvalue weighted by Crippen LogP contribution is -2.48. The predicted octanol–water partition coefficient (Wildman–Crippen LogP) is 4.35. The molecular weight excluding hydrogens is 370 g/mol. The number of rotatable bonds is 4. The summed E-state index contributed by atoms with van der Waals surface area (Å²) in [6.07, 6.45) is 1.97. The zero-order chi connectivity index (χ0) is 18.1. The van der Waals surface area contributed by atoms with E-state index in [1.54, 1.807) is 23.9 Å². The van der Waals surface area contributed by atoms with Crippen LogP contribution in [0.3, 0.4) is 0 Å². The Kier molecular flexibility index (Phi) is 4.70. The Morgan fingerprint density at radius 2 is 2.04 bits per heavy atom. The van der Waals surface area contributed by atoms with E-state index in [9.17, 15) is 4.79 Å². The zero-order valence-corrected chi connectivity index (χ0v) is 15.6. The summed E-state index contributed by atoms with van der Waals surface area (Å²) in [5.41, 5.74) is 1.55. The third-order valence-electron chi connectivity index (χ3n) is 4.38. The summed E-state index contributed by atoms with van der Waals surface area (Å²) >= 11 is 7.58. The molecule has 0 atom stereocenters. The first kappa shape index (κ1) is 17.1. The maximum absolute atomic E-state index is 12.7. The molecule has 1 aliphatic heterocycles. The van der Waals surface area contributed by atoms with Gasteiger partial charge in [0, 0.05) is 28.6 Å². The van der Waals surface area contributed by atoms with E-state index in [0.717, 1.165) is 16.0 Å². The minimum absolute atomic E-state index is 0.0424. The molecule has 2 heterocycles. The first-order valence-electron chi connectivity index (χ1n) is 8.17. The van der Waals surface area contributed by atoms with Gasteiger partial charge in [0.15, 0.2) is 0 Å². The molecule has 0 unspecified atom stereocenters. The third kappa shape index (κ3) is 3.22. The summed E-state index contributed by atoms with van der Waals surface area (Å²) in [7, 11) is 0. The SMILES string of the molecule is CSc1ccccc1C(=O)N1CC(c2nc(-c3cccc(Cl)c3)no2)C1. The molecule has 132 valence electrons. The fourth-order valence-corrected chi connectivity index (χ4v) is 3.72. The Balaban J connectivity index is 1.44. The molecule has 2 aromatic carbocycles. The van der Waals surface area contributed by atoms with Crippen molar-refractivity contribution in [1.82, 2.24) is 15.0 Å². The molecule has 0 radical (unpaired) electrons. The molecule has 0 saturated carbocycles. The summed E-state index contributed by atoms with van der Waals surface area (Å²) in [5.74, 6) is 1.18. The smallest absolute Gasteiger partial charge is 0.255 e. The van der Waals surface area contributed by atoms with E-state index >= 15 is 0 Å². The van der Waals surface area contributed by atoms with Crippen molar-refractivity contribution in [3.8, 4) is 11.4 Å². The van der Waals surface area contributed by atoms with Crippen LogP contribution in [0.2, 0.25) is 5.02 Å². The van der Waals surface area contributed by atoms with Gasteiger partial charge in [0.05, 0.1) is 11.5 Å². The molecular formula is C19H16ClN3O2S. The van der Waals surface area contributed by atoms with Crippen molar-refractivity contribution < 1.29 is 9.32 Å². The average molecular weight is 386 g/mol. The van der Waals surface area contributed by atoms with Crippen LogP contribution >= 0.6 is 23.4 Å². The van der Waals surface area contributed by atoms with Gasteiger partial charge in [-0.2, -0.15) is 4.98 Å². The standard InChI is InChI=1S/C19H16ClN3O2S/c1-26-16-8-3-2-7-15(16)19(24)23-10-13(11-23)18-21-17(22-25-18)12-5-4-6-14(20)9-12/h2-9,13H,10-11H2,1H3. The molecule has 26 heavy (non-hydrogen) atoms. The summed E-state index contributed by atoms with van der Waals surface area (Å²) in [4.78, 5) is 19.9. The van der Waals surface area contributed by atoms with Gasteiger partial charge in [-0.15, -0.1) is 11.8 Å². The third-order valence-corrected chi connectivity index (χ3v) is 5.41. The Morgan fingerprint density at radius 3 is 2.81 bits per heavy atom. The second-order valence-electron chi connectivity index (χ2n) is 6.07. The Labute approximate surface area is 160 Å². The fourth-order valence-electron chi connectivity index (χ4n) is 2.94. The molecule has 1 aliphatic rings. The van der Waals surface area contributed by atoms with Crippen LogP contribution in [0.25, 0.3) is 11.4 Å². The van der Waals surface area contributed by atoms with Gasteiger partial charge in [0.25, 0.3) is 5.91 Å². The van der Waals surface area contributed by atoms with Gasteiger partial charge in [0.2, 0.25) is 11.7 Å². The number of aromatic nitrogens is 2. The Bertz CT molecular complexity index is 953. The van der Waals surface area contributed by atoms with Gasteiger partial charge in [-0.3, -0.25) is 4.79 Å². The maximum Gasteiger partial charge on any atom is 0.255 e. The van der Waals surface area contributed by atoms with Crippen LogP contribution in [0.1, 0.15) is 22.2 Å². The zero-order valence-electron chi connectivity index (χ0n) is 14.1. The Morgan fingerprint density at radius 1 is 1.23 bits per heavy atom. The molecule has 7 heteroatoms. The molecule has 0 N–H and O–H groups in total. The van der Waals surface area contributed by atoms with Gasteiger partial charge in [0.1, 0.15) is 0 Å². The lowest BCUT2D eigenvalue weighted by Gasteiger charge is -2.37. The van der Waals surface area contributed by atoms with Crippen LogP contribution in [0, 0.1) is 0 Å². The van der Waals surface area contributed by atoms with E-state index in [4.69, 9.17) is 16.1 Å². The number of likely N-dealkylation sites (tertiary alicyclic amines) is 1. The van der Waals surface area contributed by atoms with Crippen molar-refractivity contribution in [1.29, 1.82) is 0 Å². The normalized spacial score (nSPS) is 14.3. The van der Waals surface area contributed by atoms with Crippen molar-refractivity contribution in [3.05, 3.63) is 65.0 Å². The average Bonchev–Trinajstić information content (AvgIpc) is 3.10. The number of carbonyl (C=O) groups is 1. The summed E-state index contributed by atoms with van der Waals surface area (Å²) < 4.78 is 5.40. The highest BCUT2D eigenvalue weighted by atomic mass is 35.5. The second-order valence-corrected chi connectivity index (χ2v) is 7.36. The van der Waals surface area contributed by atoms with E-state index in [0.29, 0.717) is 29.8 Å². The molecule has 1 fully saturated rings. The fraction of sp³-hybridized carbons (Fsp3) is 0.211. The highest BCUT2D eigenvalue weighted by molar-refractivity contribution is 7.98. The van der Waals surface area contributed by atoms with Crippen LogP contribution in [-0.4, -0.2) is 40.3 Å². The maximum atomic E-state index is 12.7. The van der Waals surface area contributed by atoms with Crippen molar-refractivity contribution >= 4 is 29.3 Å². The minimum atomic E-state index is 0.0424. The number of carbonyl (C=O) groups excluding carboxylic acids is 1. The predicted molar refractivity (Wildman–Crippen MR) is 102 cm³/mol. The van der Waals surface area contributed by atoms with E-state index in [-0.39, 0.29) is 11.8 Å². The number of hydrogen-bond donors (Lipinski definition) is 0. The highest BCUT2D eigenvalue weighted by Crippen LogP contribution is 2.31. The van der Waals surface area contributed by atoms with Crippen molar-refractivity contribution in [2.45, 2.75) is 10.8 Å². The van der Waals surface area contributed by atoms with E-state index < -0.39 is 0 Å². The molecule has 0 aliphatic carbocycles. The summed E-state index contributed by atoms with van der Waals surface area (Å²) in [6.45, 7) is 1.16. The minimum Gasteiger partial charge on any atom is -0.339 e. The quantitative estimate of drug-likeness (QED) is 0.625. The van der Waals surface area contributed by atoms with Crippen LogP contribution in [-0.2, 0) is 0 Å². The molecule has 0 spiro atoms.